The Morgan fingerprint density at radius 1 is 1.38 bits per heavy atom. The summed E-state index contributed by atoms with van der Waals surface area (Å²) in [6.07, 6.45) is 5.22. The number of benzene rings is 1. The first-order chi connectivity index (χ1) is 11.7. The molecule has 0 saturated carbocycles. The first-order valence-electron chi connectivity index (χ1n) is 8.42. The van der Waals surface area contributed by atoms with Crippen molar-refractivity contribution in [2.75, 3.05) is 7.11 Å². The Morgan fingerprint density at radius 2 is 2.25 bits per heavy atom. The van der Waals surface area contributed by atoms with E-state index in [9.17, 15) is 4.79 Å². The minimum atomic E-state index is 0.137. The van der Waals surface area contributed by atoms with Crippen LogP contribution < -0.4 is 4.74 Å². The molecule has 2 aromatic rings. The van der Waals surface area contributed by atoms with Crippen LogP contribution in [0.25, 0.3) is 0 Å². The highest BCUT2D eigenvalue weighted by Gasteiger charge is 2.43. The Hall–Kier alpha value is -2.43. The van der Waals surface area contributed by atoms with Gasteiger partial charge in [0.15, 0.2) is 0 Å². The van der Waals surface area contributed by atoms with Gasteiger partial charge in [-0.1, -0.05) is 12.1 Å². The van der Waals surface area contributed by atoms with Crippen molar-refractivity contribution in [1.29, 1.82) is 0 Å². The highest BCUT2D eigenvalue weighted by atomic mass is 16.5. The molecule has 1 fully saturated rings. The summed E-state index contributed by atoms with van der Waals surface area (Å²) in [5.74, 6) is 1.78. The lowest BCUT2D eigenvalue weighted by molar-refractivity contribution is -0.134. The number of aromatic nitrogens is 2. The van der Waals surface area contributed by atoms with E-state index in [1.807, 2.05) is 37.4 Å². The zero-order valence-electron chi connectivity index (χ0n) is 14.0. The summed E-state index contributed by atoms with van der Waals surface area (Å²) in [5.41, 5.74) is 3.25. The lowest BCUT2D eigenvalue weighted by atomic mass is 9.98. The Bertz CT molecular complexity index is 790. The molecule has 1 amide bonds. The van der Waals surface area contributed by atoms with E-state index in [1.54, 1.807) is 7.11 Å². The lowest BCUT2D eigenvalue weighted by Gasteiger charge is -2.35. The largest absolute Gasteiger partial charge is 0.497 e. The normalized spacial score (nSPS) is 21.5. The molecule has 5 nitrogen and oxygen atoms in total. The van der Waals surface area contributed by atoms with Crippen molar-refractivity contribution in [1.82, 2.24) is 14.9 Å². The SMILES string of the molecule is COc1cccc(CC(=O)N2[C@H]3CC[C@@H]2c2cnc(C)nc2C3)c1. The molecule has 0 spiro atoms. The number of aryl methyl sites for hydroxylation is 1. The fourth-order valence-electron chi connectivity index (χ4n) is 4.01. The molecule has 124 valence electrons. The molecule has 2 bridgehead atoms. The maximum atomic E-state index is 12.9. The number of hydrogen-bond donors (Lipinski definition) is 0. The Kier molecular flexibility index (Phi) is 3.71. The van der Waals surface area contributed by atoms with E-state index in [0.29, 0.717) is 6.42 Å². The molecule has 2 aliphatic rings. The van der Waals surface area contributed by atoms with E-state index in [4.69, 9.17) is 4.74 Å². The summed E-state index contributed by atoms with van der Waals surface area (Å²) >= 11 is 0. The predicted molar refractivity (Wildman–Crippen MR) is 89.8 cm³/mol. The van der Waals surface area contributed by atoms with E-state index in [0.717, 1.165) is 47.7 Å². The Balaban J connectivity index is 1.58. The molecule has 0 radical (unpaired) electrons. The Labute approximate surface area is 141 Å². The smallest absolute Gasteiger partial charge is 0.227 e. The zero-order valence-corrected chi connectivity index (χ0v) is 14.0. The van der Waals surface area contributed by atoms with Crippen molar-refractivity contribution in [2.45, 2.75) is 44.7 Å². The minimum Gasteiger partial charge on any atom is -0.497 e. The summed E-state index contributed by atoms with van der Waals surface area (Å²) in [6, 6.07) is 8.15. The molecule has 5 heteroatoms. The number of nitrogens with zero attached hydrogens (tertiary/aromatic N) is 3. The molecule has 1 aromatic carbocycles. The highest BCUT2D eigenvalue weighted by molar-refractivity contribution is 5.80. The lowest BCUT2D eigenvalue weighted by Crippen LogP contribution is -2.43. The monoisotopic (exact) mass is 323 g/mol. The van der Waals surface area contributed by atoms with Gasteiger partial charge in [0.2, 0.25) is 5.91 Å². The van der Waals surface area contributed by atoms with Gasteiger partial charge in [0.25, 0.3) is 0 Å². The molecule has 1 aromatic heterocycles. The summed E-state index contributed by atoms with van der Waals surface area (Å²) in [5, 5.41) is 0. The van der Waals surface area contributed by atoms with E-state index >= 15 is 0 Å². The van der Waals surface area contributed by atoms with E-state index < -0.39 is 0 Å². The number of fused-ring (bicyclic) bond motifs is 4. The standard InChI is InChI=1S/C19H21N3O2/c1-12-20-11-16-17(21-12)10-14-6-7-18(16)22(14)19(23)9-13-4-3-5-15(8-13)24-2/h3-5,8,11,14,18H,6-7,9-10H2,1-2H3/t14-,18+/m0/s1. The summed E-state index contributed by atoms with van der Waals surface area (Å²) in [7, 11) is 1.64. The molecule has 2 aliphatic heterocycles. The van der Waals surface area contributed by atoms with Crippen LogP contribution in [0.5, 0.6) is 5.75 Å². The van der Waals surface area contributed by atoms with Crippen molar-refractivity contribution in [3.05, 3.63) is 53.1 Å². The van der Waals surface area contributed by atoms with Gasteiger partial charge in [0, 0.05) is 24.2 Å². The summed E-state index contributed by atoms with van der Waals surface area (Å²) in [6.45, 7) is 1.92. The quantitative estimate of drug-likeness (QED) is 0.871. The average Bonchev–Trinajstić information content (AvgIpc) is 2.90. The maximum Gasteiger partial charge on any atom is 0.227 e. The molecule has 4 rings (SSSR count). The molecule has 1 saturated heterocycles. The minimum absolute atomic E-state index is 0.137. The zero-order chi connectivity index (χ0) is 16.7. The second-order valence-electron chi connectivity index (χ2n) is 6.60. The number of carbonyl (C=O) groups excluding carboxylic acids is 1. The number of hydrogen-bond acceptors (Lipinski definition) is 4. The van der Waals surface area contributed by atoms with Gasteiger partial charge in [0.05, 0.1) is 25.3 Å². The van der Waals surface area contributed by atoms with E-state index in [1.165, 1.54) is 0 Å². The van der Waals surface area contributed by atoms with Gasteiger partial charge in [0.1, 0.15) is 11.6 Å². The number of rotatable bonds is 3. The van der Waals surface area contributed by atoms with Gasteiger partial charge in [-0.25, -0.2) is 9.97 Å². The van der Waals surface area contributed by atoms with Crippen LogP contribution in [-0.2, 0) is 17.6 Å². The van der Waals surface area contributed by atoms with Crippen molar-refractivity contribution in [2.24, 2.45) is 0 Å². The van der Waals surface area contributed by atoms with Crippen LogP contribution in [0.1, 0.15) is 41.5 Å². The third-order valence-corrected chi connectivity index (χ3v) is 5.09. The number of methoxy groups -OCH3 is 1. The predicted octanol–water partition coefficient (Wildman–Crippen LogP) is 2.62. The molecule has 0 N–H and O–H groups in total. The number of amides is 1. The molecule has 0 unspecified atom stereocenters. The van der Waals surface area contributed by atoms with Crippen LogP contribution in [-0.4, -0.2) is 33.9 Å². The second-order valence-corrected chi connectivity index (χ2v) is 6.60. The van der Waals surface area contributed by atoms with Crippen LogP contribution in [0.4, 0.5) is 0 Å². The third kappa shape index (κ3) is 2.54. The maximum absolute atomic E-state index is 12.9. The highest BCUT2D eigenvalue weighted by Crippen LogP contribution is 2.43. The van der Waals surface area contributed by atoms with Crippen LogP contribution in [0.3, 0.4) is 0 Å². The van der Waals surface area contributed by atoms with Gasteiger partial charge >= 0.3 is 0 Å². The van der Waals surface area contributed by atoms with Crippen LogP contribution >= 0.6 is 0 Å². The number of carbonyl (C=O) groups is 1. The summed E-state index contributed by atoms with van der Waals surface area (Å²) in [4.78, 5) is 24.0. The van der Waals surface area contributed by atoms with Gasteiger partial charge in [-0.2, -0.15) is 0 Å². The van der Waals surface area contributed by atoms with Gasteiger partial charge in [-0.3, -0.25) is 4.79 Å². The molecule has 2 atom stereocenters. The molecule has 0 aliphatic carbocycles. The average molecular weight is 323 g/mol. The fourth-order valence-corrected chi connectivity index (χ4v) is 4.01. The first-order valence-corrected chi connectivity index (χ1v) is 8.42. The second kappa shape index (κ2) is 5.89. The molecular weight excluding hydrogens is 302 g/mol. The van der Waals surface area contributed by atoms with Crippen molar-refractivity contribution in [3.8, 4) is 5.75 Å². The molecule has 24 heavy (non-hydrogen) atoms. The molecule has 3 heterocycles. The fraction of sp³-hybridized carbons (Fsp3) is 0.421. The molecular formula is C19H21N3O2. The summed E-state index contributed by atoms with van der Waals surface area (Å²) < 4.78 is 5.25. The van der Waals surface area contributed by atoms with Crippen LogP contribution in [0.2, 0.25) is 0 Å². The van der Waals surface area contributed by atoms with Gasteiger partial charge in [-0.05, 0) is 37.5 Å². The number of ether oxygens (including phenoxy) is 1. The van der Waals surface area contributed by atoms with E-state index in [-0.39, 0.29) is 18.0 Å². The van der Waals surface area contributed by atoms with Gasteiger partial charge < -0.3 is 9.64 Å². The topological polar surface area (TPSA) is 55.3 Å². The van der Waals surface area contributed by atoms with Gasteiger partial charge in [-0.15, -0.1) is 0 Å². The van der Waals surface area contributed by atoms with Crippen molar-refractivity contribution >= 4 is 5.91 Å². The van der Waals surface area contributed by atoms with Crippen molar-refractivity contribution < 1.29 is 9.53 Å². The van der Waals surface area contributed by atoms with Crippen LogP contribution in [0, 0.1) is 6.92 Å². The van der Waals surface area contributed by atoms with E-state index in [2.05, 4.69) is 14.9 Å². The van der Waals surface area contributed by atoms with Crippen molar-refractivity contribution in [3.63, 3.8) is 0 Å². The van der Waals surface area contributed by atoms with Crippen LogP contribution in [0.15, 0.2) is 30.5 Å². The third-order valence-electron chi connectivity index (χ3n) is 5.09. The Morgan fingerprint density at radius 3 is 3.08 bits per heavy atom. The first kappa shape index (κ1) is 15.1.